The van der Waals surface area contributed by atoms with E-state index in [4.69, 9.17) is 28.4 Å². The summed E-state index contributed by atoms with van der Waals surface area (Å²) in [6.45, 7) is 3.44. The summed E-state index contributed by atoms with van der Waals surface area (Å²) in [5.74, 6) is 3.79. The lowest BCUT2D eigenvalue weighted by Gasteiger charge is -2.20. The SMILES string of the molecule is O=C(Nc1cc(OCCCCCCCCCCCCBr)c(OCCCCCCCCCCCCBr)c(OCCCCCCCCCCCCBr)c1)Nc1cc(OCCCCCCCCCCCCBr)c(OCCCCCCCCCCCCBr)c(OCCCCCCCCCCCCBr)c1. The first kappa shape index (κ1) is 95.5. The molecule has 2 rings (SSSR count). The van der Waals surface area contributed by atoms with Crippen LogP contribution in [0.15, 0.2) is 24.3 Å². The van der Waals surface area contributed by atoms with E-state index in [1.165, 1.54) is 308 Å². The van der Waals surface area contributed by atoms with Crippen molar-refractivity contribution in [2.24, 2.45) is 0 Å². The maximum atomic E-state index is 14.6. The van der Waals surface area contributed by atoms with Gasteiger partial charge < -0.3 is 39.1 Å². The first-order chi connectivity index (χ1) is 49.5. The average molecular weight is 1790 g/mol. The zero-order chi connectivity index (χ0) is 71.6. The molecule has 0 saturated heterocycles. The number of unbranched alkanes of at least 4 members (excludes halogenated alkanes) is 54. The number of carbonyl (C=O) groups is 1. The van der Waals surface area contributed by atoms with E-state index in [0.29, 0.717) is 85.5 Å². The zero-order valence-electron chi connectivity index (χ0n) is 63.8. The van der Waals surface area contributed by atoms with Gasteiger partial charge in [0, 0.05) is 56.2 Å². The second-order valence-corrected chi connectivity index (χ2v) is 33.4. The molecule has 2 aromatic rings. The molecule has 0 aliphatic carbocycles. The van der Waals surface area contributed by atoms with E-state index in [9.17, 15) is 4.79 Å². The first-order valence-electron chi connectivity index (χ1n) is 42.1. The Morgan fingerprint density at radius 1 is 0.200 bits per heavy atom. The monoisotopic (exact) mass is 1780 g/mol. The highest BCUT2D eigenvalue weighted by Gasteiger charge is 2.21. The molecule has 0 unspecified atom stereocenters. The van der Waals surface area contributed by atoms with E-state index in [-0.39, 0.29) is 6.03 Å². The highest BCUT2D eigenvalue weighted by atomic mass is 79.9. The number of amides is 2. The lowest BCUT2D eigenvalue weighted by Crippen LogP contribution is -2.20. The normalized spacial score (nSPS) is 11.4. The maximum Gasteiger partial charge on any atom is 0.323 e. The van der Waals surface area contributed by atoms with Gasteiger partial charge >= 0.3 is 6.03 Å². The van der Waals surface area contributed by atoms with Crippen molar-refractivity contribution >= 4 is 113 Å². The second-order valence-electron chi connectivity index (χ2n) is 28.6. The Kier molecular flexibility index (Phi) is 73.1. The molecule has 0 bridgehead atoms. The van der Waals surface area contributed by atoms with Gasteiger partial charge in [0.2, 0.25) is 11.5 Å². The van der Waals surface area contributed by atoms with E-state index >= 15 is 0 Å². The summed E-state index contributed by atoms with van der Waals surface area (Å²) in [5.41, 5.74) is 1.19. The van der Waals surface area contributed by atoms with Gasteiger partial charge in [0.15, 0.2) is 23.0 Å². The minimum Gasteiger partial charge on any atom is -0.489 e. The van der Waals surface area contributed by atoms with Gasteiger partial charge in [0.25, 0.3) is 0 Å². The van der Waals surface area contributed by atoms with Crippen LogP contribution < -0.4 is 39.1 Å². The Labute approximate surface area is 666 Å². The Morgan fingerprint density at radius 2 is 0.330 bits per heavy atom. The van der Waals surface area contributed by atoms with Crippen LogP contribution in [0.25, 0.3) is 0 Å². The van der Waals surface area contributed by atoms with Crippen molar-refractivity contribution in [3.05, 3.63) is 24.3 Å². The van der Waals surface area contributed by atoms with Crippen LogP contribution in [0.5, 0.6) is 34.5 Å². The summed E-state index contributed by atoms with van der Waals surface area (Å²) >= 11 is 21.5. The molecular weight excluding hydrogens is 1640 g/mol. The molecule has 2 aromatic carbocycles. The molecule has 0 aliphatic rings. The number of benzene rings is 2. The molecule has 0 spiro atoms. The number of rotatable bonds is 80. The number of halogens is 6. The van der Waals surface area contributed by atoms with Crippen molar-refractivity contribution in [1.29, 1.82) is 0 Å². The van der Waals surface area contributed by atoms with E-state index in [1.807, 2.05) is 24.3 Å². The van der Waals surface area contributed by atoms with Gasteiger partial charge in [-0.05, 0) is 77.0 Å². The molecule has 2 N–H and O–H groups in total. The fourth-order valence-corrected chi connectivity index (χ4v) is 15.4. The van der Waals surface area contributed by atoms with Crippen molar-refractivity contribution in [3.8, 4) is 34.5 Å². The summed E-state index contributed by atoms with van der Waals surface area (Å²) in [6, 6.07) is 7.41. The van der Waals surface area contributed by atoms with Crippen LogP contribution in [0.2, 0.25) is 0 Å². The molecule has 0 radical (unpaired) electrons. The molecular formula is C85H150Br6N2O7. The highest BCUT2D eigenvalue weighted by Crippen LogP contribution is 2.43. The number of hydrogen-bond acceptors (Lipinski definition) is 7. The van der Waals surface area contributed by atoms with Crippen LogP contribution in [0.4, 0.5) is 16.2 Å². The van der Waals surface area contributed by atoms with Crippen molar-refractivity contribution in [2.45, 2.75) is 385 Å². The molecule has 0 aromatic heterocycles. The summed E-state index contributed by atoms with van der Waals surface area (Å²) < 4.78 is 40.6. The molecule has 0 atom stereocenters. The fourth-order valence-electron chi connectivity index (χ4n) is 13.0. The van der Waals surface area contributed by atoms with Crippen LogP contribution in [0, 0.1) is 0 Å². The number of ether oxygens (including phenoxy) is 6. The quantitative estimate of drug-likeness (QED) is 0.0503. The van der Waals surface area contributed by atoms with Gasteiger partial charge in [-0.2, -0.15) is 0 Å². The summed E-state index contributed by atoms with van der Waals surface area (Å²) in [6.07, 6.45) is 74.8. The molecule has 2 amide bonds. The molecule has 9 nitrogen and oxygen atoms in total. The van der Waals surface area contributed by atoms with Gasteiger partial charge in [-0.3, -0.25) is 0 Å². The zero-order valence-corrected chi connectivity index (χ0v) is 73.4. The van der Waals surface area contributed by atoms with Gasteiger partial charge in [-0.1, -0.05) is 404 Å². The van der Waals surface area contributed by atoms with Gasteiger partial charge in [0.05, 0.1) is 51.0 Å². The number of alkyl halides is 6. The van der Waals surface area contributed by atoms with Crippen molar-refractivity contribution in [2.75, 3.05) is 82.3 Å². The van der Waals surface area contributed by atoms with Gasteiger partial charge in [0.1, 0.15) is 0 Å². The van der Waals surface area contributed by atoms with E-state index in [1.54, 1.807) is 0 Å². The first-order valence-corrected chi connectivity index (χ1v) is 48.8. The Balaban J connectivity index is 2.46. The van der Waals surface area contributed by atoms with Crippen LogP contribution in [0.3, 0.4) is 0 Å². The standard InChI is InChI=1S/C85H150Br6N2O7/c86-61-49-37-25-13-1-7-19-31-43-55-67-95-79-73-77(74-80(96-68-56-44-32-20-8-2-14-26-38-50-62-87)83(79)99-71-59-47-35-23-11-5-17-29-41-53-65-90)92-85(94)93-78-75-81(97-69-57-45-33-21-9-3-15-27-39-51-63-88)84(100-72-60-48-36-24-12-6-18-30-42-54-66-91)82(76-78)98-70-58-46-34-22-10-4-16-28-40-52-64-89/h73-76H,1-72H2,(H2,92,93,94). The third-order valence-electron chi connectivity index (χ3n) is 19.2. The topological polar surface area (TPSA) is 96.5 Å². The molecule has 0 saturated carbocycles. The Morgan fingerprint density at radius 3 is 0.480 bits per heavy atom. The number of nitrogens with one attached hydrogen (secondary N) is 2. The van der Waals surface area contributed by atoms with Crippen molar-refractivity contribution < 1.29 is 33.2 Å². The van der Waals surface area contributed by atoms with Crippen LogP contribution in [-0.2, 0) is 0 Å². The number of anilines is 2. The second kappa shape index (κ2) is 76.6. The minimum atomic E-state index is -0.369. The maximum absolute atomic E-state index is 14.6. The molecule has 100 heavy (non-hydrogen) atoms. The largest absolute Gasteiger partial charge is 0.489 e. The number of urea groups is 1. The highest BCUT2D eigenvalue weighted by molar-refractivity contribution is 9.10. The van der Waals surface area contributed by atoms with Crippen molar-refractivity contribution in [3.63, 3.8) is 0 Å². The summed E-state index contributed by atoms with van der Waals surface area (Å²) in [7, 11) is 0. The van der Waals surface area contributed by atoms with Crippen LogP contribution in [0.1, 0.15) is 385 Å². The average Bonchev–Trinajstić information content (AvgIpc) is 0.832. The molecule has 0 fully saturated rings. The predicted octanol–water partition coefficient (Wildman–Crippen LogP) is 31.4. The molecule has 15 heteroatoms. The van der Waals surface area contributed by atoms with Gasteiger partial charge in [-0.25, -0.2) is 4.79 Å². The Hall–Kier alpha value is -0.610. The van der Waals surface area contributed by atoms with E-state index in [2.05, 4.69) is 106 Å². The molecule has 584 valence electrons. The molecule has 0 heterocycles. The van der Waals surface area contributed by atoms with Crippen LogP contribution in [-0.4, -0.2) is 77.7 Å². The summed E-state index contributed by atoms with van der Waals surface area (Å²) in [4.78, 5) is 14.6. The lowest BCUT2D eigenvalue weighted by molar-refractivity contribution is 0.234. The smallest absolute Gasteiger partial charge is 0.323 e. The fraction of sp³-hybridized carbons (Fsp3) is 0.847. The minimum absolute atomic E-state index is 0.369. The van der Waals surface area contributed by atoms with Crippen LogP contribution >= 0.6 is 95.6 Å². The predicted molar refractivity (Wildman–Crippen MR) is 458 cm³/mol. The van der Waals surface area contributed by atoms with E-state index in [0.717, 1.165) is 109 Å². The third-order valence-corrected chi connectivity index (χ3v) is 22.6. The van der Waals surface area contributed by atoms with Gasteiger partial charge in [-0.15, -0.1) is 0 Å². The number of carbonyl (C=O) groups excluding carboxylic acids is 1. The number of hydrogen-bond donors (Lipinski definition) is 2. The lowest BCUT2D eigenvalue weighted by atomic mass is 10.1. The van der Waals surface area contributed by atoms with Crippen molar-refractivity contribution in [1.82, 2.24) is 0 Å². The summed E-state index contributed by atoms with van der Waals surface area (Å²) in [5, 5.41) is 13.1. The molecule has 0 aliphatic heterocycles. The Bertz CT molecular complexity index is 1820. The third kappa shape index (κ3) is 59.4. The van der Waals surface area contributed by atoms with E-state index < -0.39 is 0 Å².